The molecule has 0 aromatic heterocycles. The Morgan fingerprint density at radius 1 is 1.11 bits per heavy atom. The summed E-state index contributed by atoms with van der Waals surface area (Å²) >= 11 is 0. The predicted octanol–water partition coefficient (Wildman–Crippen LogP) is 1.57. The molecule has 2 aliphatic heterocycles. The average molecular weight is 390 g/mol. The summed E-state index contributed by atoms with van der Waals surface area (Å²) in [6.45, 7) is 3.31. The topological polar surface area (TPSA) is 123 Å². The number of aliphatic hydroxyl groups is 2. The molecule has 8 nitrogen and oxygen atoms in total. The molecule has 0 saturated heterocycles. The molecule has 1 aromatic rings. The molecule has 3 rings (SSSR count). The average Bonchev–Trinajstić information content (AvgIpc) is 3.11. The Kier molecular flexibility index (Phi) is 5.71. The third-order valence-corrected chi connectivity index (χ3v) is 4.80. The Hall–Kier alpha value is -2.84. The van der Waals surface area contributed by atoms with Gasteiger partial charge in [0.1, 0.15) is 23.5 Å². The normalized spacial score (nSPS) is 30.1. The van der Waals surface area contributed by atoms with E-state index in [1.54, 1.807) is 13.8 Å². The zero-order chi connectivity index (χ0) is 20.4. The van der Waals surface area contributed by atoms with E-state index in [4.69, 9.17) is 14.2 Å². The zero-order valence-electron chi connectivity index (χ0n) is 15.5. The summed E-state index contributed by atoms with van der Waals surface area (Å²) in [5, 5.41) is 30.4. The molecule has 0 bridgehead atoms. The highest BCUT2D eigenvalue weighted by molar-refractivity contribution is 5.99. The van der Waals surface area contributed by atoms with Crippen LogP contribution < -0.4 is 9.47 Å². The van der Waals surface area contributed by atoms with E-state index in [2.05, 4.69) is 0 Å². The van der Waals surface area contributed by atoms with Crippen molar-refractivity contribution in [1.29, 1.82) is 0 Å². The van der Waals surface area contributed by atoms with Crippen molar-refractivity contribution in [3.05, 3.63) is 35.4 Å². The van der Waals surface area contributed by atoms with Gasteiger partial charge in [-0.3, -0.25) is 4.79 Å². The van der Waals surface area contributed by atoms with Gasteiger partial charge in [0, 0.05) is 17.5 Å². The van der Waals surface area contributed by atoms with Crippen molar-refractivity contribution in [2.75, 3.05) is 6.79 Å². The lowest BCUT2D eigenvalue weighted by Gasteiger charge is -2.20. The minimum atomic E-state index is -1.58. The highest BCUT2D eigenvalue weighted by atomic mass is 16.7. The maximum absolute atomic E-state index is 12.7. The number of ketones is 1. The van der Waals surface area contributed by atoms with E-state index in [0.717, 1.165) is 0 Å². The number of phenolic OH excluding ortho intramolecular Hbond substituents is 1. The number of ether oxygens (including phenoxy) is 3. The van der Waals surface area contributed by atoms with Crippen LogP contribution in [0.4, 0.5) is 0 Å². The molecule has 3 N–H and O–H groups in total. The molecule has 0 amide bonds. The van der Waals surface area contributed by atoms with E-state index in [0.29, 0.717) is 0 Å². The van der Waals surface area contributed by atoms with Gasteiger partial charge in [0.25, 0.3) is 0 Å². The quantitative estimate of drug-likeness (QED) is 0.571. The Bertz CT molecular complexity index is 841. The fraction of sp³-hybridized carbons (Fsp3) is 0.400. The SMILES string of the molecule is CC1/C=C\C(=O)C(O)[C@@H](O)C/C=C/c2c3c(cc(O)c2C(=O)O[C@H]1C)OCO3. The maximum atomic E-state index is 12.7. The first-order valence-corrected chi connectivity index (χ1v) is 8.90. The fourth-order valence-corrected chi connectivity index (χ4v) is 2.91. The molecule has 2 heterocycles. The number of carbonyl (C=O) groups excluding carboxylic acids is 2. The molecular formula is C20H22O8. The van der Waals surface area contributed by atoms with Gasteiger partial charge in [-0.05, 0) is 19.4 Å². The van der Waals surface area contributed by atoms with Gasteiger partial charge >= 0.3 is 5.97 Å². The summed E-state index contributed by atoms with van der Waals surface area (Å²) in [5.41, 5.74) is 0.143. The van der Waals surface area contributed by atoms with Crippen LogP contribution in [0.2, 0.25) is 0 Å². The summed E-state index contributed by atoms with van der Waals surface area (Å²) in [6.07, 6.45) is 2.00. The lowest BCUT2D eigenvalue weighted by atomic mass is 9.99. The van der Waals surface area contributed by atoms with Gasteiger partial charge in [0.2, 0.25) is 6.79 Å². The maximum Gasteiger partial charge on any atom is 0.342 e. The van der Waals surface area contributed by atoms with Crippen LogP contribution in [0.3, 0.4) is 0 Å². The molecule has 28 heavy (non-hydrogen) atoms. The van der Waals surface area contributed by atoms with E-state index < -0.39 is 30.1 Å². The minimum absolute atomic E-state index is 0.0630. The number of cyclic esters (lactones) is 1. The lowest BCUT2D eigenvalue weighted by Crippen LogP contribution is -2.32. The molecule has 0 aliphatic carbocycles. The number of carbonyl (C=O) groups is 2. The van der Waals surface area contributed by atoms with Gasteiger partial charge in [-0.15, -0.1) is 0 Å². The Balaban J connectivity index is 2.07. The van der Waals surface area contributed by atoms with Gasteiger partial charge in [0.05, 0.1) is 6.10 Å². The summed E-state index contributed by atoms with van der Waals surface area (Å²) < 4.78 is 16.1. The van der Waals surface area contributed by atoms with Gasteiger partial charge in [0.15, 0.2) is 17.3 Å². The largest absolute Gasteiger partial charge is 0.507 e. The van der Waals surface area contributed by atoms with E-state index >= 15 is 0 Å². The third-order valence-electron chi connectivity index (χ3n) is 4.80. The molecule has 0 radical (unpaired) electrons. The van der Waals surface area contributed by atoms with Crippen molar-refractivity contribution in [2.45, 2.75) is 38.6 Å². The number of aliphatic hydroxyl groups excluding tert-OH is 2. The first-order valence-electron chi connectivity index (χ1n) is 8.90. The molecule has 0 saturated carbocycles. The summed E-state index contributed by atoms with van der Waals surface area (Å²) in [5.74, 6) is -1.54. The van der Waals surface area contributed by atoms with Crippen molar-refractivity contribution in [3.8, 4) is 17.2 Å². The number of benzene rings is 1. The van der Waals surface area contributed by atoms with Crippen LogP contribution in [-0.4, -0.2) is 52.2 Å². The van der Waals surface area contributed by atoms with Crippen LogP contribution in [0.25, 0.3) is 6.08 Å². The molecule has 0 spiro atoms. The minimum Gasteiger partial charge on any atom is -0.507 e. The van der Waals surface area contributed by atoms with Crippen molar-refractivity contribution in [2.24, 2.45) is 5.92 Å². The summed E-state index contributed by atoms with van der Waals surface area (Å²) in [4.78, 5) is 24.7. The van der Waals surface area contributed by atoms with E-state index in [1.165, 1.54) is 30.4 Å². The number of aromatic hydroxyl groups is 1. The van der Waals surface area contributed by atoms with Crippen molar-refractivity contribution in [1.82, 2.24) is 0 Å². The van der Waals surface area contributed by atoms with Gasteiger partial charge in [-0.1, -0.05) is 25.2 Å². The second-order valence-corrected chi connectivity index (χ2v) is 6.80. The van der Waals surface area contributed by atoms with E-state index in [9.17, 15) is 24.9 Å². The van der Waals surface area contributed by atoms with Crippen LogP contribution in [0, 0.1) is 5.92 Å². The summed E-state index contributed by atoms with van der Waals surface area (Å²) in [7, 11) is 0. The molecule has 2 aliphatic rings. The van der Waals surface area contributed by atoms with E-state index in [1.807, 2.05) is 0 Å². The number of esters is 1. The second kappa shape index (κ2) is 8.04. The Labute approximate surface area is 161 Å². The van der Waals surface area contributed by atoms with Gasteiger partial charge in [-0.25, -0.2) is 4.79 Å². The molecule has 0 fully saturated rings. The van der Waals surface area contributed by atoms with Crippen LogP contribution in [0.1, 0.15) is 36.2 Å². The third kappa shape index (κ3) is 3.88. The highest BCUT2D eigenvalue weighted by Gasteiger charge is 2.29. The monoisotopic (exact) mass is 390 g/mol. The summed E-state index contributed by atoms with van der Waals surface area (Å²) in [6, 6.07) is 1.28. The van der Waals surface area contributed by atoms with Crippen molar-refractivity contribution < 1.29 is 39.1 Å². The van der Waals surface area contributed by atoms with E-state index in [-0.39, 0.29) is 47.5 Å². The molecule has 8 heteroatoms. The number of fused-ring (bicyclic) bond motifs is 3. The van der Waals surface area contributed by atoms with Crippen molar-refractivity contribution >= 4 is 17.8 Å². The number of hydrogen-bond acceptors (Lipinski definition) is 8. The molecule has 2 unspecified atom stereocenters. The first-order chi connectivity index (χ1) is 13.3. The standard InChI is InChI=1S/C20H22O8/c1-10-6-7-14(22)18(24)13(21)5-3-4-12-17(20(25)28-11(10)2)15(23)8-16-19(12)27-9-26-16/h3-4,6-8,10-11,13,18,21,23-24H,5,9H2,1-2H3/b4-3+,7-6-/t10?,11-,13-,18?/m0/s1. The first kappa shape index (κ1) is 19.9. The van der Waals surface area contributed by atoms with Gasteiger partial charge < -0.3 is 29.5 Å². The van der Waals surface area contributed by atoms with Crippen molar-refractivity contribution in [3.63, 3.8) is 0 Å². The smallest absolute Gasteiger partial charge is 0.342 e. The number of phenols is 1. The molecule has 4 atom stereocenters. The van der Waals surface area contributed by atoms with Crippen LogP contribution >= 0.6 is 0 Å². The second-order valence-electron chi connectivity index (χ2n) is 6.80. The van der Waals surface area contributed by atoms with Crippen LogP contribution in [-0.2, 0) is 9.53 Å². The number of hydrogen-bond donors (Lipinski definition) is 3. The van der Waals surface area contributed by atoms with Crippen LogP contribution in [0.5, 0.6) is 17.2 Å². The zero-order valence-corrected chi connectivity index (χ0v) is 15.5. The predicted molar refractivity (Wildman–Crippen MR) is 98.1 cm³/mol. The molecule has 150 valence electrons. The van der Waals surface area contributed by atoms with Gasteiger partial charge in [-0.2, -0.15) is 0 Å². The Morgan fingerprint density at radius 2 is 1.86 bits per heavy atom. The van der Waals surface area contributed by atoms with Crippen LogP contribution in [0.15, 0.2) is 24.3 Å². The molecular weight excluding hydrogens is 368 g/mol. The lowest BCUT2D eigenvalue weighted by molar-refractivity contribution is -0.127. The fourth-order valence-electron chi connectivity index (χ4n) is 2.91. The highest BCUT2D eigenvalue weighted by Crippen LogP contribution is 2.43. The molecule has 1 aromatic carbocycles. The number of rotatable bonds is 0. The Morgan fingerprint density at radius 3 is 2.61 bits per heavy atom.